The number of carbonyl (C=O) groups excluding carboxylic acids is 3. The van der Waals surface area contributed by atoms with Gasteiger partial charge in [-0.05, 0) is 112 Å². The molecule has 0 aliphatic heterocycles. The minimum absolute atomic E-state index is 0.00646. The van der Waals surface area contributed by atoms with E-state index >= 15 is 0 Å². The van der Waals surface area contributed by atoms with Crippen molar-refractivity contribution in [2.75, 3.05) is 13.2 Å². The summed E-state index contributed by atoms with van der Waals surface area (Å²) in [5.74, 6) is 0.127. The highest BCUT2D eigenvalue weighted by molar-refractivity contribution is 5.87. The first-order valence-electron chi connectivity index (χ1n) is 15.9. The summed E-state index contributed by atoms with van der Waals surface area (Å²) in [6.07, 6.45) is 5.66. The number of aliphatic hydroxyl groups is 2. The van der Waals surface area contributed by atoms with E-state index in [-0.39, 0.29) is 84.0 Å². The van der Waals surface area contributed by atoms with Crippen molar-refractivity contribution in [2.24, 2.45) is 46.3 Å². The van der Waals surface area contributed by atoms with Crippen molar-refractivity contribution >= 4 is 17.9 Å². The lowest BCUT2D eigenvalue weighted by atomic mass is 9.43. The largest absolute Gasteiger partial charge is 0.462 e. The molecule has 4 rings (SSSR count). The number of hydrogen-bond acceptors (Lipinski definition) is 8. The monoisotopic (exact) mass is 588 g/mol. The fourth-order valence-electron chi connectivity index (χ4n) is 9.51. The van der Waals surface area contributed by atoms with E-state index in [1.807, 2.05) is 0 Å². The average Bonchev–Trinajstić information content (AvgIpc) is 3.29. The first-order valence-corrected chi connectivity index (χ1v) is 15.9. The van der Waals surface area contributed by atoms with E-state index in [9.17, 15) is 24.6 Å². The lowest BCUT2D eigenvalue weighted by Gasteiger charge is -2.63. The normalized spacial score (nSPS) is 39.6. The Balaban J connectivity index is 1.37. The van der Waals surface area contributed by atoms with E-state index in [2.05, 4.69) is 33.9 Å². The molecule has 2 N–H and O–H groups in total. The molecular formula is C34H52O8. The highest BCUT2D eigenvalue weighted by atomic mass is 16.6. The van der Waals surface area contributed by atoms with Crippen LogP contribution in [0.15, 0.2) is 24.3 Å². The van der Waals surface area contributed by atoms with Crippen molar-refractivity contribution in [3.8, 4) is 0 Å². The molecule has 0 saturated heterocycles. The maximum absolute atomic E-state index is 12.4. The predicted octanol–water partition coefficient (Wildman–Crippen LogP) is 5.15. The number of ether oxygens (including phenoxy) is 3. The Bertz CT molecular complexity index is 1070. The van der Waals surface area contributed by atoms with E-state index in [1.54, 1.807) is 13.8 Å². The second-order valence-corrected chi connectivity index (χ2v) is 14.3. The SMILES string of the molecule is C=C(C)C(=O)OCCOC(=O)CC[C@@H](C)[C@H]1CC[C@H]2[C@@H]3[C@H](O)C[C@@H]4C[C@H](OC(=O)C(=C)C)CC[C@]4(C)[C@H]3C[C@H](O)[C@]12C. The van der Waals surface area contributed by atoms with Gasteiger partial charge in [-0.2, -0.15) is 0 Å². The van der Waals surface area contributed by atoms with Crippen molar-refractivity contribution < 1.29 is 38.8 Å². The van der Waals surface area contributed by atoms with Gasteiger partial charge in [-0.25, -0.2) is 9.59 Å². The van der Waals surface area contributed by atoms with Gasteiger partial charge in [0, 0.05) is 17.6 Å². The van der Waals surface area contributed by atoms with E-state index in [0.717, 1.165) is 32.1 Å². The molecule has 0 bridgehead atoms. The van der Waals surface area contributed by atoms with Crippen molar-refractivity contribution in [2.45, 2.75) is 111 Å². The fraction of sp³-hybridized carbons (Fsp3) is 0.794. The molecule has 42 heavy (non-hydrogen) atoms. The molecule has 4 aliphatic rings. The van der Waals surface area contributed by atoms with Crippen LogP contribution in [0.2, 0.25) is 0 Å². The highest BCUT2D eigenvalue weighted by Gasteiger charge is 2.65. The smallest absolute Gasteiger partial charge is 0.333 e. The van der Waals surface area contributed by atoms with Crippen LogP contribution in [0.1, 0.15) is 92.4 Å². The van der Waals surface area contributed by atoms with Crippen molar-refractivity contribution in [1.82, 2.24) is 0 Å². The molecule has 11 atom stereocenters. The highest BCUT2D eigenvalue weighted by Crippen LogP contribution is 2.68. The molecule has 0 radical (unpaired) electrons. The lowest BCUT2D eigenvalue weighted by molar-refractivity contribution is -0.209. The topological polar surface area (TPSA) is 119 Å². The van der Waals surface area contributed by atoms with Gasteiger partial charge in [0.05, 0.1) is 12.2 Å². The molecule has 0 heterocycles. The fourth-order valence-corrected chi connectivity index (χ4v) is 9.51. The number of rotatable bonds is 10. The average molecular weight is 589 g/mol. The van der Waals surface area contributed by atoms with Crippen LogP contribution < -0.4 is 0 Å². The summed E-state index contributed by atoms with van der Waals surface area (Å²) < 4.78 is 16.0. The summed E-state index contributed by atoms with van der Waals surface area (Å²) in [6, 6.07) is 0. The molecule has 0 unspecified atom stereocenters. The van der Waals surface area contributed by atoms with Gasteiger partial charge in [0.1, 0.15) is 19.3 Å². The molecule has 0 spiro atoms. The van der Waals surface area contributed by atoms with Gasteiger partial charge in [0.15, 0.2) is 0 Å². The third kappa shape index (κ3) is 6.21. The first-order chi connectivity index (χ1) is 19.7. The third-order valence-electron chi connectivity index (χ3n) is 11.9. The second kappa shape index (κ2) is 12.8. The van der Waals surface area contributed by atoms with E-state index in [4.69, 9.17) is 14.2 Å². The minimum Gasteiger partial charge on any atom is -0.462 e. The van der Waals surface area contributed by atoms with Crippen molar-refractivity contribution in [3.63, 3.8) is 0 Å². The Morgan fingerprint density at radius 3 is 2.24 bits per heavy atom. The number of aliphatic hydroxyl groups excluding tert-OH is 2. The zero-order valence-electron chi connectivity index (χ0n) is 26.2. The van der Waals surface area contributed by atoms with Crippen LogP contribution in [0.25, 0.3) is 0 Å². The van der Waals surface area contributed by atoms with Crippen LogP contribution in [0.3, 0.4) is 0 Å². The molecule has 236 valence electrons. The molecule has 0 amide bonds. The number of hydrogen-bond donors (Lipinski definition) is 2. The number of carbonyl (C=O) groups is 3. The molecule has 0 aromatic carbocycles. The Morgan fingerprint density at radius 1 is 0.905 bits per heavy atom. The van der Waals surface area contributed by atoms with Gasteiger partial charge in [-0.1, -0.05) is 33.9 Å². The number of fused-ring (bicyclic) bond motifs is 5. The Kier molecular flexibility index (Phi) is 9.98. The summed E-state index contributed by atoms with van der Waals surface area (Å²) >= 11 is 0. The minimum atomic E-state index is -0.499. The van der Waals surface area contributed by atoms with Crippen LogP contribution in [0, 0.1) is 46.3 Å². The third-order valence-corrected chi connectivity index (χ3v) is 11.9. The molecular weight excluding hydrogens is 536 g/mol. The van der Waals surface area contributed by atoms with Gasteiger partial charge < -0.3 is 24.4 Å². The molecule has 0 aromatic rings. The summed E-state index contributed by atoms with van der Waals surface area (Å²) in [6.45, 7) is 17.2. The Morgan fingerprint density at radius 2 is 1.57 bits per heavy atom. The molecule has 4 fully saturated rings. The van der Waals surface area contributed by atoms with E-state index < -0.39 is 18.2 Å². The number of esters is 3. The molecule has 4 aliphatic carbocycles. The second-order valence-electron chi connectivity index (χ2n) is 14.3. The van der Waals surface area contributed by atoms with Crippen molar-refractivity contribution in [1.29, 1.82) is 0 Å². The van der Waals surface area contributed by atoms with Crippen molar-refractivity contribution in [3.05, 3.63) is 24.3 Å². The van der Waals surface area contributed by atoms with Gasteiger partial charge in [0.25, 0.3) is 0 Å². The van der Waals surface area contributed by atoms with E-state index in [0.29, 0.717) is 30.4 Å². The first kappa shape index (κ1) is 32.7. The van der Waals surface area contributed by atoms with Crippen LogP contribution in [-0.2, 0) is 28.6 Å². The van der Waals surface area contributed by atoms with Crippen LogP contribution in [-0.4, -0.2) is 59.6 Å². The zero-order chi connectivity index (χ0) is 31.0. The summed E-state index contributed by atoms with van der Waals surface area (Å²) in [7, 11) is 0. The van der Waals surface area contributed by atoms with Crippen LogP contribution in [0.4, 0.5) is 0 Å². The Labute approximate surface area is 251 Å². The molecule has 0 aromatic heterocycles. The van der Waals surface area contributed by atoms with Crippen LogP contribution >= 0.6 is 0 Å². The standard InChI is InChI=1S/C34H52O8/c1-19(2)31(38)41-15-14-40-29(37)11-8-21(5)24-9-10-25-30-26(18-28(36)34(24,25)7)33(6)13-12-23(42-32(39)20(3)4)16-22(33)17-27(30)35/h21-28,30,35-36H,1,3,8-18H2,2,4-7H3/t21-,22+,23-,24-,25+,26+,27-,28+,30+,33+,34-/m1/s1. The Hall–Kier alpha value is -2.19. The summed E-state index contributed by atoms with van der Waals surface area (Å²) in [5, 5.41) is 23.5. The molecule has 8 heteroatoms. The maximum atomic E-state index is 12.4. The lowest BCUT2D eigenvalue weighted by Crippen LogP contribution is -2.62. The van der Waals surface area contributed by atoms with Gasteiger partial charge in [-0.3, -0.25) is 4.79 Å². The predicted molar refractivity (Wildman–Crippen MR) is 158 cm³/mol. The van der Waals surface area contributed by atoms with E-state index in [1.165, 1.54) is 0 Å². The summed E-state index contributed by atoms with van der Waals surface area (Å²) in [4.78, 5) is 36.0. The molecule has 4 saturated carbocycles. The molecule has 8 nitrogen and oxygen atoms in total. The van der Waals surface area contributed by atoms with Gasteiger partial charge >= 0.3 is 17.9 Å². The zero-order valence-corrected chi connectivity index (χ0v) is 26.2. The van der Waals surface area contributed by atoms with Crippen LogP contribution in [0.5, 0.6) is 0 Å². The van der Waals surface area contributed by atoms with Gasteiger partial charge in [0.2, 0.25) is 0 Å². The van der Waals surface area contributed by atoms with Gasteiger partial charge in [-0.15, -0.1) is 0 Å². The maximum Gasteiger partial charge on any atom is 0.333 e. The quantitative estimate of drug-likeness (QED) is 0.156. The summed E-state index contributed by atoms with van der Waals surface area (Å²) in [5.41, 5.74) is 0.382.